The average molecular weight is 402 g/mol. The van der Waals surface area contributed by atoms with Crippen LogP contribution >= 0.6 is 34.3 Å². The molecule has 0 radical (unpaired) electrons. The highest BCUT2D eigenvalue weighted by atomic mass is 35.5. The minimum Gasteiger partial charge on any atom is -0.316 e. The SMILES string of the molecule is Cc1cccc(Nc2nc(C(=O)Nc3nc4ccc(Cl)cc4s3)cs2)n1. The summed E-state index contributed by atoms with van der Waals surface area (Å²) in [5.74, 6) is 0.381. The Morgan fingerprint density at radius 2 is 2.00 bits per heavy atom. The van der Waals surface area contributed by atoms with Crippen molar-refractivity contribution in [2.24, 2.45) is 0 Å². The highest BCUT2D eigenvalue weighted by Crippen LogP contribution is 2.29. The molecule has 0 aliphatic heterocycles. The van der Waals surface area contributed by atoms with E-state index >= 15 is 0 Å². The lowest BCUT2D eigenvalue weighted by Gasteiger charge is -2.01. The lowest BCUT2D eigenvalue weighted by atomic mass is 10.3. The Balaban J connectivity index is 1.48. The van der Waals surface area contributed by atoms with Gasteiger partial charge < -0.3 is 5.32 Å². The number of anilines is 3. The summed E-state index contributed by atoms with van der Waals surface area (Å²) < 4.78 is 0.916. The molecule has 4 aromatic rings. The molecule has 130 valence electrons. The Morgan fingerprint density at radius 1 is 1.12 bits per heavy atom. The Bertz CT molecular complexity index is 1110. The highest BCUT2D eigenvalue weighted by molar-refractivity contribution is 7.22. The lowest BCUT2D eigenvalue weighted by molar-refractivity contribution is 0.102. The quantitative estimate of drug-likeness (QED) is 0.497. The molecule has 0 atom stereocenters. The molecule has 1 amide bonds. The number of nitrogens with one attached hydrogen (secondary N) is 2. The summed E-state index contributed by atoms with van der Waals surface area (Å²) in [5.41, 5.74) is 2.02. The smallest absolute Gasteiger partial charge is 0.276 e. The second kappa shape index (κ2) is 6.99. The maximum atomic E-state index is 12.4. The fourth-order valence-electron chi connectivity index (χ4n) is 2.27. The number of thiazole rings is 2. The normalized spacial score (nSPS) is 10.8. The third kappa shape index (κ3) is 3.67. The third-order valence-electron chi connectivity index (χ3n) is 3.43. The summed E-state index contributed by atoms with van der Waals surface area (Å²) in [5, 5.41) is 9.32. The number of rotatable bonds is 4. The Morgan fingerprint density at radius 3 is 2.85 bits per heavy atom. The molecule has 0 fully saturated rings. The zero-order valence-electron chi connectivity index (χ0n) is 13.5. The molecule has 0 unspecified atom stereocenters. The van der Waals surface area contributed by atoms with Crippen LogP contribution in [-0.2, 0) is 0 Å². The minimum absolute atomic E-state index is 0.309. The van der Waals surface area contributed by atoms with Crippen LogP contribution in [0, 0.1) is 6.92 Å². The van der Waals surface area contributed by atoms with Crippen molar-refractivity contribution in [2.45, 2.75) is 6.92 Å². The monoisotopic (exact) mass is 401 g/mol. The first-order valence-electron chi connectivity index (χ1n) is 7.60. The summed E-state index contributed by atoms with van der Waals surface area (Å²) in [7, 11) is 0. The summed E-state index contributed by atoms with van der Waals surface area (Å²) in [6, 6.07) is 11.1. The first-order chi connectivity index (χ1) is 12.6. The molecule has 3 aromatic heterocycles. The van der Waals surface area contributed by atoms with E-state index in [0.717, 1.165) is 15.9 Å². The maximum Gasteiger partial charge on any atom is 0.276 e. The van der Waals surface area contributed by atoms with Crippen LogP contribution in [0.25, 0.3) is 10.2 Å². The van der Waals surface area contributed by atoms with E-state index < -0.39 is 0 Å². The summed E-state index contributed by atoms with van der Waals surface area (Å²) in [4.78, 5) is 25.5. The van der Waals surface area contributed by atoms with Crippen LogP contribution in [0.5, 0.6) is 0 Å². The van der Waals surface area contributed by atoms with Crippen molar-refractivity contribution in [3.05, 3.63) is 58.2 Å². The Labute approximate surface area is 161 Å². The molecule has 26 heavy (non-hydrogen) atoms. The van der Waals surface area contributed by atoms with Crippen LogP contribution in [0.1, 0.15) is 16.2 Å². The van der Waals surface area contributed by atoms with Crippen LogP contribution in [0.2, 0.25) is 5.02 Å². The Hall–Kier alpha value is -2.55. The van der Waals surface area contributed by atoms with Crippen LogP contribution in [0.15, 0.2) is 41.8 Å². The number of nitrogens with zero attached hydrogens (tertiary/aromatic N) is 3. The number of hydrogen-bond acceptors (Lipinski definition) is 7. The van der Waals surface area contributed by atoms with Crippen LogP contribution in [0.4, 0.5) is 16.1 Å². The van der Waals surface area contributed by atoms with Gasteiger partial charge in [-0.1, -0.05) is 29.0 Å². The van der Waals surface area contributed by atoms with Crippen molar-refractivity contribution >= 4 is 66.5 Å². The van der Waals surface area contributed by atoms with E-state index in [1.165, 1.54) is 22.7 Å². The molecule has 0 bridgehead atoms. The minimum atomic E-state index is -0.309. The number of amides is 1. The van der Waals surface area contributed by atoms with Gasteiger partial charge in [0.05, 0.1) is 10.2 Å². The first kappa shape index (κ1) is 16.9. The van der Waals surface area contributed by atoms with Crippen molar-refractivity contribution in [1.29, 1.82) is 0 Å². The summed E-state index contributed by atoms with van der Waals surface area (Å²) >= 11 is 8.69. The number of halogens is 1. The number of carbonyl (C=O) groups is 1. The number of benzene rings is 1. The van der Waals surface area contributed by atoms with Crippen molar-refractivity contribution in [3.63, 3.8) is 0 Å². The van der Waals surface area contributed by atoms with E-state index in [9.17, 15) is 4.79 Å². The van der Waals surface area contributed by atoms with E-state index in [-0.39, 0.29) is 5.91 Å². The van der Waals surface area contributed by atoms with Crippen molar-refractivity contribution < 1.29 is 4.79 Å². The number of hydrogen-bond donors (Lipinski definition) is 2. The highest BCUT2D eigenvalue weighted by Gasteiger charge is 2.14. The molecule has 0 saturated heterocycles. The van der Waals surface area contributed by atoms with Gasteiger partial charge in [-0.25, -0.2) is 15.0 Å². The average Bonchev–Trinajstić information content (AvgIpc) is 3.21. The van der Waals surface area contributed by atoms with Gasteiger partial charge in [0.1, 0.15) is 11.5 Å². The van der Waals surface area contributed by atoms with Gasteiger partial charge in [0.2, 0.25) is 0 Å². The second-order valence-corrected chi connectivity index (χ2v) is 7.74. The van der Waals surface area contributed by atoms with Gasteiger partial charge in [-0.2, -0.15) is 0 Å². The second-order valence-electron chi connectivity index (χ2n) is 5.41. The summed E-state index contributed by atoms with van der Waals surface area (Å²) in [6.07, 6.45) is 0. The van der Waals surface area contributed by atoms with Crippen molar-refractivity contribution in [1.82, 2.24) is 15.0 Å². The predicted molar refractivity (Wildman–Crippen MR) is 107 cm³/mol. The number of aryl methyl sites for hydroxylation is 1. The fraction of sp³-hybridized carbons (Fsp3) is 0.0588. The molecule has 3 heterocycles. The molecule has 0 spiro atoms. The molecule has 0 aliphatic carbocycles. The number of aromatic nitrogens is 3. The fourth-order valence-corrected chi connectivity index (χ4v) is 4.11. The first-order valence-corrected chi connectivity index (χ1v) is 9.68. The van der Waals surface area contributed by atoms with E-state index in [0.29, 0.717) is 26.8 Å². The molecular formula is C17H12ClN5OS2. The molecule has 1 aromatic carbocycles. The molecule has 6 nitrogen and oxygen atoms in total. The maximum absolute atomic E-state index is 12.4. The van der Waals surface area contributed by atoms with Crippen LogP contribution in [0.3, 0.4) is 0 Å². The van der Waals surface area contributed by atoms with Gasteiger partial charge in [-0.05, 0) is 37.3 Å². The molecule has 4 rings (SSSR count). The molecule has 9 heteroatoms. The van der Waals surface area contributed by atoms with Gasteiger partial charge in [-0.3, -0.25) is 10.1 Å². The van der Waals surface area contributed by atoms with E-state index in [2.05, 4.69) is 25.6 Å². The largest absolute Gasteiger partial charge is 0.316 e. The third-order valence-corrected chi connectivity index (χ3v) is 5.36. The zero-order valence-corrected chi connectivity index (χ0v) is 15.9. The van der Waals surface area contributed by atoms with Gasteiger partial charge in [0.25, 0.3) is 5.91 Å². The van der Waals surface area contributed by atoms with Crippen molar-refractivity contribution in [3.8, 4) is 0 Å². The lowest BCUT2D eigenvalue weighted by Crippen LogP contribution is -2.12. The van der Waals surface area contributed by atoms with Gasteiger partial charge in [0.15, 0.2) is 10.3 Å². The molecule has 0 saturated carbocycles. The van der Waals surface area contributed by atoms with E-state index in [4.69, 9.17) is 11.6 Å². The van der Waals surface area contributed by atoms with Gasteiger partial charge in [0, 0.05) is 16.1 Å². The Kier molecular flexibility index (Phi) is 4.54. The molecule has 0 aliphatic rings. The molecular weight excluding hydrogens is 390 g/mol. The topological polar surface area (TPSA) is 79.8 Å². The molecule has 2 N–H and O–H groups in total. The van der Waals surface area contributed by atoms with Gasteiger partial charge in [-0.15, -0.1) is 11.3 Å². The van der Waals surface area contributed by atoms with E-state index in [1.54, 1.807) is 11.4 Å². The number of fused-ring (bicyclic) bond motifs is 1. The van der Waals surface area contributed by atoms with Gasteiger partial charge >= 0.3 is 0 Å². The zero-order chi connectivity index (χ0) is 18.1. The number of carbonyl (C=O) groups excluding carboxylic acids is 1. The summed E-state index contributed by atoms with van der Waals surface area (Å²) in [6.45, 7) is 1.91. The number of pyridine rings is 1. The van der Waals surface area contributed by atoms with Crippen molar-refractivity contribution in [2.75, 3.05) is 10.6 Å². The van der Waals surface area contributed by atoms with Crippen LogP contribution in [-0.4, -0.2) is 20.9 Å². The standard InChI is InChI=1S/C17H12ClN5OS2/c1-9-3-2-4-14(19-9)22-16-21-12(8-25-16)15(24)23-17-20-11-6-5-10(18)7-13(11)26-17/h2-8H,1H3,(H,19,21,22)(H,20,23,24). The van der Waals surface area contributed by atoms with E-state index in [1.807, 2.05) is 37.3 Å². The van der Waals surface area contributed by atoms with Crippen LogP contribution < -0.4 is 10.6 Å². The predicted octanol–water partition coefficient (Wildman–Crippen LogP) is 5.11.